The van der Waals surface area contributed by atoms with Crippen LogP contribution in [-0.2, 0) is 0 Å². The molecule has 0 aromatic carbocycles. The van der Waals surface area contributed by atoms with Crippen molar-refractivity contribution in [2.24, 2.45) is 0 Å². The topological polar surface area (TPSA) is 0 Å². The summed E-state index contributed by atoms with van der Waals surface area (Å²) in [6, 6.07) is 1.98. The molecule has 0 unspecified atom stereocenters. The van der Waals surface area contributed by atoms with Crippen molar-refractivity contribution < 1.29 is 29.6 Å². The van der Waals surface area contributed by atoms with Gasteiger partial charge in [-0.15, -0.1) is 22.0 Å². The van der Waals surface area contributed by atoms with Gasteiger partial charge in [-0.2, -0.15) is 12.5 Å². The third-order valence-electron chi connectivity index (χ3n) is 0.727. The summed E-state index contributed by atoms with van der Waals surface area (Å²) in [4.78, 5) is 0. The van der Waals surface area contributed by atoms with Gasteiger partial charge in [-0.1, -0.05) is 15.9 Å². The normalized spacial score (nSPS) is 8.67. The number of rotatable bonds is 0. The van der Waals surface area contributed by atoms with Crippen molar-refractivity contribution in [1.82, 2.24) is 0 Å². The SMILES string of the molecule is [CH2-]c1cc(Br)sc1Br.[Na+]. The zero-order valence-electron chi connectivity index (χ0n) is 4.95. The minimum atomic E-state index is 0. The van der Waals surface area contributed by atoms with E-state index in [1.807, 2.05) is 6.07 Å². The van der Waals surface area contributed by atoms with Crippen molar-refractivity contribution >= 4 is 43.2 Å². The summed E-state index contributed by atoms with van der Waals surface area (Å²) in [7, 11) is 0. The van der Waals surface area contributed by atoms with Gasteiger partial charge in [-0.25, -0.2) is 11.3 Å². The summed E-state index contributed by atoms with van der Waals surface area (Å²) in [5, 5.41) is 0. The van der Waals surface area contributed by atoms with Gasteiger partial charge in [0.1, 0.15) is 0 Å². The molecule has 1 heterocycles. The number of halogens is 2. The van der Waals surface area contributed by atoms with Gasteiger partial charge in [0.2, 0.25) is 0 Å². The monoisotopic (exact) mass is 276 g/mol. The molecule has 1 rings (SSSR count). The quantitative estimate of drug-likeness (QED) is 0.478. The minimum Gasteiger partial charge on any atom is -0.203 e. The molecule has 0 aliphatic rings. The van der Waals surface area contributed by atoms with Gasteiger partial charge >= 0.3 is 29.6 Å². The smallest absolute Gasteiger partial charge is 0.203 e. The molecule has 44 valence electrons. The predicted molar refractivity (Wildman–Crippen MR) is 44.2 cm³/mol. The standard InChI is InChI=1S/C5H3Br2S.Na/c1-3-2-4(6)8-5(3)7;/h2H,1H2;/q-1;+1. The van der Waals surface area contributed by atoms with Gasteiger partial charge in [0.15, 0.2) is 0 Å². The van der Waals surface area contributed by atoms with E-state index in [1.165, 1.54) is 0 Å². The van der Waals surface area contributed by atoms with Crippen LogP contribution in [0.15, 0.2) is 13.6 Å². The molecule has 0 nitrogen and oxygen atoms in total. The second-order valence-corrected chi connectivity index (χ2v) is 5.10. The Morgan fingerprint density at radius 3 is 2.11 bits per heavy atom. The number of hydrogen-bond donors (Lipinski definition) is 0. The number of hydrogen-bond acceptors (Lipinski definition) is 1. The molecule has 0 amide bonds. The van der Waals surface area contributed by atoms with Crippen molar-refractivity contribution in [3.05, 3.63) is 26.1 Å². The van der Waals surface area contributed by atoms with E-state index >= 15 is 0 Å². The Hall–Kier alpha value is 1.53. The van der Waals surface area contributed by atoms with Crippen LogP contribution in [0.5, 0.6) is 0 Å². The Kier molecular flexibility index (Phi) is 5.17. The summed E-state index contributed by atoms with van der Waals surface area (Å²) in [5.74, 6) is 0. The molecule has 0 bridgehead atoms. The van der Waals surface area contributed by atoms with Crippen molar-refractivity contribution in [3.8, 4) is 0 Å². The van der Waals surface area contributed by atoms with Crippen LogP contribution < -0.4 is 29.6 Å². The van der Waals surface area contributed by atoms with E-state index in [-0.39, 0.29) is 29.6 Å². The molecular formula is C5H3Br2NaS. The van der Waals surface area contributed by atoms with E-state index in [1.54, 1.807) is 11.3 Å². The maximum Gasteiger partial charge on any atom is 1.00 e. The largest absolute Gasteiger partial charge is 1.00 e. The van der Waals surface area contributed by atoms with E-state index < -0.39 is 0 Å². The molecule has 0 atom stereocenters. The maximum absolute atomic E-state index is 3.77. The van der Waals surface area contributed by atoms with Gasteiger partial charge in [-0.05, 0) is 3.79 Å². The van der Waals surface area contributed by atoms with Crippen LogP contribution in [0.4, 0.5) is 0 Å². The molecule has 9 heavy (non-hydrogen) atoms. The zero-order chi connectivity index (χ0) is 6.15. The van der Waals surface area contributed by atoms with Gasteiger partial charge in [0.05, 0.1) is 0 Å². The fourth-order valence-corrected chi connectivity index (χ4v) is 2.99. The van der Waals surface area contributed by atoms with E-state index in [0.717, 1.165) is 13.1 Å². The number of thiophene rings is 1. The van der Waals surface area contributed by atoms with Crippen LogP contribution in [0.25, 0.3) is 0 Å². The summed E-state index contributed by atoms with van der Waals surface area (Å²) < 4.78 is 2.22. The minimum absolute atomic E-state index is 0. The third-order valence-corrected chi connectivity index (χ3v) is 3.19. The molecule has 0 radical (unpaired) electrons. The van der Waals surface area contributed by atoms with E-state index in [2.05, 4.69) is 38.8 Å². The van der Waals surface area contributed by atoms with Crippen LogP contribution in [0.1, 0.15) is 5.56 Å². The van der Waals surface area contributed by atoms with Crippen LogP contribution in [-0.4, -0.2) is 0 Å². The Morgan fingerprint density at radius 2 is 2.00 bits per heavy atom. The molecule has 0 aliphatic carbocycles. The molecule has 1 aromatic rings. The van der Waals surface area contributed by atoms with E-state index in [0.29, 0.717) is 0 Å². The summed E-state index contributed by atoms with van der Waals surface area (Å²) in [6.07, 6.45) is 0. The maximum atomic E-state index is 3.77. The van der Waals surface area contributed by atoms with E-state index in [9.17, 15) is 0 Å². The van der Waals surface area contributed by atoms with Crippen molar-refractivity contribution in [2.75, 3.05) is 0 Å². The summed E-state index contributed by atoms with van der Waals surface area (Å²) in [6.45, 7) is 3.77. The van der Waals surface area contributed by atoms with Crippen molar-refractivity contribution in [2.45, 2.75) is 0 Å². The molecule has 0 saturated carbocycles. The van der Waals surface area contributed by atoms with Crippen LogP contribution in [0, 0.1) is 6.92 Å². The molecule has 0 spiro atoms. The third kappa shape index (κ3) is 2.95. The first-order chi connectivity index (χ1) is 3.70. The molecule has 0 fully saturated rings. The zero-order valence-corrected chi connectivity index (χ0v) is 10.9. The first-order valence-corrected chi connectivity index (χ1v) is 4.37. The van der Waals surface area contributed by atoms with Crippen LogP contribution in [0.2, 0.25) is 0 Å². The van der Waals surface area contributed by atoms with Crippen molar-refractivity contribution in [3.63, 3.8) is 0 Å². The second-order valence-electron chi connectivity index (χ2n) is 1.35. The fraction of sp³-hybridized carbons (Fsp3) is 0. The van der Waals surface area contributed by atoms with Crippen molar-refractivity contribution in [1.29, 1.82) is 0 Å². The average molecular weight is 278 g/mol. The first kappa shape index (κ1) is 10.5. The molecule has 0 N–H and O–H groups in total. The van der Waals surface area contributed by atoms with Crippen LogP contribution in [0.3, 0.4) is 0 Å². The van der Waals surface area contributed by atoms with E-state index in [4.69, 9.17) is 0 Å². The van der Waals surface area contributed by atoms with Gasteiger partial charge in [0.25, 0.3) is 0 Å². The molecule has 1 aromatic heterocycles. The van der Waals surface area contributed by atoms with Gasteiger partial charge in [0, 0.05) is 3.79 Å². The van der Waals surface area contributed by atoms with Crippen LogP contribution >= 0.6 is 43.2 Å². The van der Waals surface area contributed by atoms with Gasteiger partial charge in [-0.3, -0.25) is 0 Å². The molecule has 0 aliphatic heterocycles. The Balaban J connectivity index is 0.000000640. The Labute approximate surface area is 97.6 Å². The summed E-state index contributed by atoms with van der Waals surface area (Å²) >= 11 is 8.31. The average Bonchev–Trinajstić information content (AvgIpc) is 1.85. The molecular weight excluding hydrogens is 275 g/mol. The fourth-order valence-electron chi connectivity index (χ4n) is 0.374. The van der Waals surface area contributed by atoms with Gasteiger partial charge < -0.3 is 0 Å². The Morgan fingerprint density at radius 1 is 1.44 bits per heavy atom. The molecule has 4 heteroatoms. The predicted octanol–water partition coefficient (Wildman–Crippen LogP) is 0.459. The Bertz CT molecular complexity index is 177. The molecule has 0 saturated heterocycles. The first-order valence-electron chi connectivity index (χ1n) is 1.97. The second kappa shape index (κ2) is 4.42. The summed E-state index contributed by atoms with van der Waals surface area (Å²) in [5.41, 5.74) is 1.04.